The zero-order chi connectivity index (χ0) is 8.15. The fraction of sp³-hybridized carbons (Fsp3) is 0. The summed E-state index contributed by atoms with van der Waals surface area (Å²) in [4.78, 5) is 0. The van der Waals surface area contributed by atoms with Gasteiger partial charge >= 0.3 is 0 Å². The summed E-state index contributed by atoms with van der Waals surface area (Å²) in [5.41, 5.74) is 0. The maximum Gasteiger partial charge on any atom is 0.152 e. The first-order valence-corrected chi connectivity index (χ1v) is 3.05. The standard InChI is InChI=1S/C6H4BrF3/c1-4(9)6(7)2-5(10)3-8/h2-3H,1H2/b5-3-,6-2+. The predicted molar refractivity (Wildman–Crippen MR) is 37.6 cm³/mol. The topological polar surface area (TPSA) is 0 Å². The molecule has 0 atom stereocenters. The SMILES string of the molecule is C=C(F)/C(Br)=C\C(F)=C\F. The number of allylic oxidation sites excluding steroid dienone is 4. The van der Waals surface area contributed by atoms with Gasteiger partial charge in [0.15, 0.2) is 5.83 Å². The molecule has 0 aromatic carbocycles. The van der Waals surface area contributed by atoms with Crippen molar-refractivity contribution in [2.24, 2.45) is 0 Å². The zero-order valence-electron chi connectivity index (χ0n) is 4.87. The molecule has 0 aliphatic rings. The molecule has 0 aliphatic carbocycles. The van der Waals surface area contributed by atoms with Crippen LogP contribution in [0.2, 0.25) is 0 Å². The van der Waals surface area contributed by atoms with Crippen molar-refractivity contribution >= 4 is 15.9 Å². The third-order valence-electron chi connectivity index (χ3n) is 0.628. The molecule has 0 nitrogen and oxygen atoms in total. The lowest BCUT2D eigenvalue weighted by atomic mass is 10.4. The van der Waals surface area contributed by atoms with Crippen molar-refractivity contribution in [3.63, 3.8) is 0 Å². The second-order valence-corrected chi connectivity index (χ2v) is 2.25. The Bertz CT molecular complexity index is 193. The molecule has 0 aliphatic heterocycles. The first-order valence-electron chi connectivity index (χ1n) is 2.25. The van der Waals surface area contributed by atoms with Crippen LogP contribution in [-0.2, 0) is 0 Å². The second-order valence-electron chi connectivity index (χ2n) is 1.39. The minimum atomic E-state index is -1.16. The maximum atomic E-state index is 12.0. The molecule has 0 spiro atoms. The number of hydrogen-bond donors (Lipinski definition) is 0. The van der Waals surface area contributed by atoms with Gasteiger partial charge in [-0.3, -0.25) is 0 Å². The Balaban J connectivity index is 4.31. The molecule has 0 unspecified atom stereocenters. The van der Waals surface area contributed by atoms with Gasteiger partial charge in [0.2, 0.25) is 0 Å². The number of hydrogen-bond acceptors (Lipinski definition) is 0. The zero-order valence-corrected chi connectivity index (χ0v) is 6.46. The summed E-state index contributed by atoms with van der Waals surface area (Å²) in [6, 6.07) is 0. The molecular formula is C6H4BrF3. The van der Waals surface area contributed by atoms with Crippen LogP contribution in [0.3, 0.4) is 0 Å². The highest BCUT2D eigenvalue weighted by molar-refractivity contribution is 9.11. The van der Waals surface area contributed by atoms with E-state index >= 15 is 0 Å². The fourth-order valence-corrected chi connectivity index (χ4v) is 0.450. The number of rotatable bonds is 2. The molecule has 0 aromatic rings. The molecule has 0 radical (unpaired) electrons. The molecule has 0 heterocycles. The summed E-state index contributed by atoms with van der Waals surface area (Å²) in [6.07, 6.45) is 0.368. The Hall–Kier alpha value is -0.510. The first-order chi connectivity index (χ1) is 4.57. The summed E-state index contributed by atoms with van der Waals surface area (Å²) in [5.74, 6) is -2.01. The van der Waals surface area contributed by atoms with Crippen molar-refractivity contribution in [1.29, 1.82) is 0 Å². The van der Waals surface area contributed by atoms with E-state index < -0.39 is 11.7 Å². The number of halogens is 4. The fourth-order valence-electron chi connectivity index (χ4n) is 0.231. The Labute approximate surface area is 64.9 Å². The van der Waals surface area contributed by atoms with E-state index in [2.05, 4.69) is 22.5 Å². The summed E-state index contributed by atoms with van der Waals surface area (Å²) in [7, 11) is 0. The van der Waals surface area contributed by atoms with E-state index in [0.717, 1.165) is 0 Å². The average molecular weight is 213 g/mol. The van der Waals surface area contributed by atoms with Crippen LogP contribution in [0.5, 0.6) is 0 Å². The molecule has 4 heteroatoms. The van der Waals surface area contributed by atoms with Crippen LogP contribution >= 0.6 is 15.9 Å². The predicted octanol–water partition coefficient (Wildman–Crippen LogP) is 3.53. The van der Waals surface area contributed by atoms with Gasteiger partial charge in [-0.15, -0.1) is 0 Å². The molecule has 0 saturated heterocycles. The monoisotopic (exact) mass is 212 g/mol. The van der Waals surface area contributed by atoms with Gasteiger partial charge in [0.25, 0.3) is 0 Å². The molecule has 56 valence electrons. The highest BCUT2D eigenvalue weighted by Crippen LogP contribution is 2.18. The Morgan fingerprint density at radius 2 is 1.90 bits per heavy atom. The highest BCUT2D eigenvalue weighted by atomic mass is 79.9. The van der Waals surface area contributed by atoms with Crippen LogP contribution in [0, 0.1) is 0 Å². The van der Waals surface area contributed by atoms with Gasteiger partial charge in [0.05, 0.1) is 4.48 Å². The molecule has 0 fully saturated rings. The molecular weight excluding hydrogens is 209 g/mol. The molecule has 0 aromatic heterocycles. The van der Waals surface area contributed by atoms with E-state index in [4.69, 9.17) is 0 Å². The smallest absolute Gasteiger partial charge is 0.152 e. The summed E-state index contributed by atoms with van der Waals surface area (Å²) in [5, 5.41) is 0. The molecule has 0 bridgehead atoms. The minimum absolute atomic E-state index is 0.209. The van der Waals surface area contributed by atoms with Gasteiger partial charge in [-0.2, -0.15) is 0 Å². The van der Waals surface area contributed by atoms with Crippen LogP contribution in [0.1, 0.15) is 0 Å². The maximum absolute atomic E-state index is 12.0. The van der Waals surface area contributed by atoms with Gasteiger partial charge < -0.3 is 0 Å². The first kappa shape index (κ1) is 9.49. The quantitative estimate of drug-likeness (QED) is 0.615. The van der Waals surface area contributed by atoms with E-state index in [1.807, 2.05) is 0 Å². The summed E-state index contributed by atoms with van der Waals surface area (Å²) in [6.45, 7) is 2.84. The van der Waals surface area contributed by atoms with E-state index in [9.17, 15) is 13.2 Å². The molecule has 10 heavy (non-hydrogen) atoms. The Morgan fingerprint density at radius 3 is 2.20 bits per heavy atom. The van der Waals surface area contributed by atoms with Crippen LogP contribution in [0.15, 0.2) is 35.1 Å². The van der Waals surface area contributed by atoms with Gasteiger partial charge in [-0.05, 0) is 22.0 Å². The van der Waals surface area contributed by atoms with E-state index in [1.54, 1.807) is 0 Å². The lowest BCUT2D eigenvalue weighted by molar-refractivity contribution is 0.603. The third kappa shape index (κ3) is 3.50. The average Bonchev–Trinajstić information content (AvgIpc) is 1.87. The van der Waals surface area contributed by atoms with Crippen molar-refractivity contribution < 1.29 is 13.2 Å². The van der Waals surface area contributed by atoms with Crippen molar-refractivity contribution in [3.05, 3.63) is 35.1 Å². The van der Waals surface area contributed by atoms with E-state index in [-0.39, 0.29) is 10.8 Å². The van der Waals surface area contributed by atoms with Gasteiger partial charge in [0, 0.05) is 0 Å². The van der Waals surface area contributed by atoms with Crippen LogP contribution < -0.4 is 0 Å². The van der Waals surface area contributed by atoms with Crippen LogP contribution in [-0.4, -0.2) is 0 Å². The van der Waals surface area contributed by atoms with Crippen molar-refractivity contribution in [2.75, 3.05) is 0 Å². The third-order valence-corrected chi connectivity index (χ3v) is 1.29. The lowest BCUT2D eigenvalue weighted by Crippen LogP contribution is -1.70. The van der Waals surface area contributed by atoms with Gasteiger partial charge in [0.1, 0.15) is 12.2 Å². The lowest BCUT2D eigenvalue weighted by Gasteiger charge is -1.88. The molecule has 0 N–H and O–H groups in total. The summed E-state index contributed by atoms with van der Waals surface area (Å²) >= 11 is 2.62. The normalized spacial score (nSPS) is 13.6. The largest absolute Gasteiger partial charge is 0.212 e. The highest BCUT2D eigenvalue weighted by Gasteiger charge is 1.97. The molecule has 0 saturated carbocycles. The Morgan fingerprint density at radius 1 is 1.40 bits per heavy atom. The van der Waals surface area contributed by atoms with Crippen LogP contribution in [0.25, 0.3) is 0 Å². The molecule has 0 rings (SSSR count). The van der Waals surface area contributed by atoms with Crippen molar-refractivity contribution in [2.45, 2.75) is 0 Å². The minimum Gasteiger partial charge on any atom is -0.212 e. The van der Waals surface area contributed by atoms with Crippen LogP contribution in [0.4, 0.5) is 13.2 Å². The van der Waals surface area contributed by atoms with Crippen molar-refractivity contribution in [1.82, 2.24) is 0 Å². The Kier molecular flexibility index (Phi) is 4.11. The van der Waals surface area contributed by atoms with E-state index in [0.29, 0.717) is 6.08 Å². The summed E-state index contributed by atoms with van der Waals surface area (Å²) < 4.78 is 34.9. The second kappa shape index (κ2) is 4.33. The van der Waals surface area contributed by atoms with E-state index in [1.165, 1.54) is 0 Å². The molecule has 0 amide bonds. The van der Waals surface area contributed by atoms with Gasteiger partial charge in [-0.1, -0.05) is 6.58 Å². The van der Waals surface area contributed by atoms with Crippen molar-refractivity contribution in [3.8, 4) is 0 Å². The van der Waals surface area contributed by atoms with Gasteiger partial charge in [-0.25, -0.2) is 13.2 Å².